The molecule has 34 heavy (non-hydrogen) atoms. The molecule has 4 atom stereocenters. The van der Waals surface area contributed by atoms with Crippen LogP contribution in [0.1, 0.15) is 43.2 Å². The van der Waals surface area contributed by atoms with Crippen LogP contribution in [-0.4, -0.2) is 53.0 Å². The van der Waals surface area contributed by atoms with Crippen LogP contribution in [0.2, 0.25) is 0 Å². The Labute approximate surface area is 197 Å². The number of carboxylic acids is 1. The number of carbonyl (C=O) groups is 3. The molecule has 2 fully saturated rings. The summed E-state index contributed by atoms with van der Waals surface area (Å²) in [4.78, 5) is 36.3. The van der Waals surface area contributed by atoms with Crippen molar-refractivity contribution < 1.29 is 29.3 Å². The summed E-state index contributed by atoms with van der Waals surface area (Å²) in [6.45, 7) is 1.01. The average molecular weight is 465 g/mol. The second-order valence-electron chi connectivity index (χ2n) is 9.93. The normalized spacial score (nSPS) is 25.9. The van der Waals surface area contributed by atoms with E-state index in [1.165, 1.54) is 0 Å². The first-order chi connectivity index (χ1) is 16.2. The van der Waals surface area contributed by atoms with E-state index in [2.05, 4.69) is 34.9 Å². The van der Waals surface area contributed by atoms with Gasteiger partial charge in [0, 0.05) is 12.0 Å². The van der Waals surface area contributed by atoms with Crippen molar-refractivity contribution in [3.63, 3.8) is 0 Å². The molecule has 8 heteroatoms. The molecule has 4 unspecified atom stereocenters. The average Bonchev–Trinajstić information content (AvgIpc) is 3.24. The van der Waals surface area contributed by atoms with Gasteiger partial charge in [-0.3, -0.25) is 4.79 Å². The lowest BCUT2D eigenvalue weighted by Gasteiger charge is -2.22. The molecule has 3 aliphatic rings. The molecule has 2 aromatic carbocycles. The van der Waals surface area contributed by atoms with E-state index in [0.717, 1.165) is 29.2 Å². The zero-order valence-electron chi connectivity index (χ0n) is 18.9. The summed E-state index contributed by atoms with van der Waals surface area (Å²) in [7, 11) is 0. The number of alkyl carbamates (subject to hydrolysis) is 1. The van der Waals surface area contributed by atoms with E-state index in [0.29, 0.717) is 19.3 Å². The number of carbonyl (C=O) groups excluding carboxylic acids is 2. The van der Waals surface area contributed by atoms with E-state index >= 15 is 0 Å². The first kappa shape index (κ1) is 22.4. The van der Waals surface area contributed by atoms with Gasteiger partial charge in [-0.05, 0) is 54.4 Å². The molecule has 8 nitrogen and oxygen atoms in total. The van der Waals surface area contributed by atoms with Crippen LogP contribution in [0.3, 0.4) is 0 Å². The minimum absolute atomic E-state index is 0.0192. The highest BCUT2D eigenvalue weighted by atomic mass is 16.5. The smallest absolute Gasteiger partial charge is 0.407 e. The van der Waals surface area contributed by atoms with Crippen molar-refractivity contribution in [3.8, 4) is 11.1 Å². The van der Waals surface area contributed by atoms with Crippen molar-refractivity contribution in [1.82, 2.24) is 10.6 Å². The van der Waals surface area contributed by atoms with E-state index in [9.17, 15) is 19.5 Å². The Bertz CT molecular complexity index is 1120. The maximum absolute atomic E-state index is 12.7. The molecule has 0 aliphatic heterocycles. The zero-order chi connectivity index (χ0) is 24.1. The van der Waals surface area contributed by atoms with Crippen molar-refractivity contribution in [1.29, 1.82) is 0 Å². The van der Waals surface area contributed by atoms with Crippen molar-refractivity contribution >= 4 is 18.0 Å². The van der Waals surface area contributed by atoms with Crippen LogP contribution in [-0.2, 0) is 14.3 Å². The molecule has 3 aliphatic carbocycles. The number of aliphatic carboxylic acids is 1. The fraction of sp³-hybridized carbons (Fsp3) is 0.423. The fourth-order valence-electron chi connectivity index (χ4n) is 5.60. The second-order valence-corrected chi connectivity index (χ2v) is 9.93. The lowest BCUT2D eigenvalue weighted by Crippen LogP contribution is -2.48. The van der Waals surface area contributed by atoms with E-state index in [4.69, 9.17) is 9.84 Å². The van der Waals surface area contributed by atoms with Gasteiger partial charge in [-0.1, -0.05) is 48.5 Å². The van der Waals surface area contributed by atoms with Crippen LogP contribution in [0.15, 0.2) is 48.5 Å². The van der Waals surface area contributed by atoms with Gasteiger partial charge < -0.3 is 25.6 Å². The van der Waals surface area contributed by atoms with Crippen LogP contribution in [0.25, 0.3) is 11.1 Å². The van der Waals surface area contributed by atoms with Gasteiger partial charge in [0.2, 0.25) is 5.91 Å². The van der Waals surface area contributed by atoms with E-state index < -0.39 is 23.1 Å². The van der Waals surface area contributed by atoms with Gasteiger partial charge in [-0.2, -0.15) is 0 Å². The van der Waals surface area contributed by atoms with Crippen molar-refractivity contribution in [2.24, 2.45) is 11.3 Å². The van der Waals surface area contributed by atoms with Crippen molar-refractivity contribution in [3.05, 3.63) is 59.7 Å². The number of aliphatic hydroxyl groups is 1. The molecular weight excluding hydrogens is 436 g/mol. The van der Waals surface area contributed by atoms with Crippen LogP contribution < -0.4 is 10.6 Å². The van der Waals surface area contributed by atoms with Crippen LogP contribution in [0.5, 0.6) is 0 Å². The number of rotatable bonds is 7. The third kappa shape index (κ3) is 3.81. The van der Waals surface area contributed by atoms with Crippen LogP contribution in [0.4, 0.5) is 4.79 Å². The number of benzene rings is 2. The zero-order valence-corrected chi connectivity index (χ0v) is 18.9. The number of ether oxygens (including phenoxy) is 1. The number of nitrogens with one attached hydrogen (secondary N) is 2. The maximum atomic E-state index is 12.7. The highest BCUT2D eigenvalue weighted by Gasteiger charge is 2.65. The van der Waals surface area contributed by atoms with Gasteiger partial charge in [0.15, 0.2) is 5.60 Å². The van der Waals surface area contributed by atoms with E-state index in [-0.39, 0.29) is 36.9 Å². The number of hydrogen-bond donors (Lipinski definition) is 4. The monoisotopic (exact) mass is 464 g/mol. The summed E-state index contributed by atoms with van der Waals surface area (Å²) in [5.41, 5.74) is 2.00. The van der Waals surface area contributed by atoms with Crippen LogP contribution in [0, 0.1) is 11.3 Å². The lowest BCUT2D eigenvalue weighted by molar-refractivity contribution is -0.156. The number of fused-ring (bicyclic) bond motifs is 4. The standard InChI is InChI=1S/C26H28N2O6/c1-25(33,23(30)31)14-27-22(29)26-11-15(26)10-16(12-26)28-24(32)34-13-21-19-8-4-2-6-17(19)18-7-3-5-9-20(18)21/h2-9,15-16,21,33H,10-14H2,1H3,(H,27,29)(H,28,32)(H,30,31). The first-order valence-electron chi connectivity index (χ1n) is 11.6. The van der Waals surface area contributed by atoms with Gasteiger partial charge in [0.25, 0.3) is 0 Å². The molecule has 0 bridgehead atoms. The first-order valence-corrected chi connectivity index (χ1v) is 11.6. The predicted molar refractivity (Wildman–Crippen MR) is 123 cm³/mol. The summed E-state index contributed by atoms with van der Waals surface area (Å²) < 4.78 is 5.61. The molecule has 0 saturated heterocycles. The molecule has 0 radical (unpaired) electrons. The van der Waals surface area contributed by atoms with Gasteiger partial charge in [0.1, 0.15) is 6.61 Å². The highest BCUT2D eigenvalue weighted by Crippen LogP contribution is 2.63. The lowest BCUT2D eigenvalue weighted by atomic mass is 9.98. The number of amides is 2. The second kappa shape index (κ2) is 8.13. The van der Waals surface area contributed by atoms with Crippen LogP contribution >= 0.6 is 0 Å². The molecule has 2 amide bonds. The largest absolute Gasteiger partial charge is 0.479 e. The SMILES string of the molecule is CC(O)(CNC(=O)C12CC(NC(=O)OCC3c4ccccc4-c4ccccc43)CC1C2)C(=O)O. The molecule has 2 saturated carbocycles. The topological polar surface area (TPSA) is 125 Å². The van der Waals surface area contributed by atoms with Crippen molar-refractivity contribution in [2.45, 2.75) is 43.7 Å². The van der Waals surface area contributed by atoms with E-state index in [1.54, 1.807) is 0 Å². The number of carboxylic acid groups (broad SMARTS) is 1. The molecular formula is C26H28N2O6. The van der Waals surface area contributed by atoms with E-state index in [1.807, 2.05) is 24.3 Å². The molecule has 178 valence electrons. The molecule has 0 heterocycles. The summed E-state index contributed by atoms with van der Waals surface area (Å²) in [5, 5.41) is 24.3. The number of hydrogen-bond acceptors (Lipinski definition) is 5. The Morgan fingerprint density at radius 3 is 2.29 bits per heavy atom. The summed E-state index contributed by atoms with van der Waals surface area (Å²) in [5.74, 6) is -1.54. The molecule has 5 rings (SSSR count). The van der Waals surface area contributed by atoms with Gasteiger partial charge in [-0.25, -0.2) is 9.59 Å². The summed E-state index contributed by atoms with van der Waals surface area (Å²) in [6, 6.07) is 16.1. The highest BCUT2D eigenvalue weighted by molar-refractivity contribution is 5.88. The third-order valence-corrected chi connectivity index (χ3v) is 7.58. The minimum atomic E-state index is -2.02. The molecule has 0 spiro atoms. The maximum Gasteiger partial charge on any atom is 0.407 e. The summed E-state index contributed by atoms with van der Waals surface area (Å²) in [6.07, 6.45) is 1.35. The van der Waals surface area contributed by atoms with Gasteiger partial charge in [-0.15, -0.1) is 0 Å². The quantitative estimate of drug-likeness (QED) is 0.499. The Kier molecular flexibility index (Phi) is 5.36. The molecule has 2 aromatic rings. The third-order valence-electron chi connectivity index (χ3n) is 7.58. The molecule has 0 aromatic heterocycles. The van der Waals surface area contributed by atoms with Gasteiger partial charge in [0.05, 0.1) is 12.0 Å². The van der Waals surface area contributed by atoms with Gasteiger partial charge >= 0.3 is 12.1 Å². The Morgan fingerprint density at radius 1 is 1.06 bits per heavy atom. The Balaban J connectivity index is 1.15. The predicted octanol–water partition coefficient (Wildman–Crippen LogP) is 2.65. The molecule has 4 N–H and O–H groups in total. The summed E-state index contributed by atoms with van der Waals surface area (Å²) >= 11 is 0. The Morgan fingerprint density at radius 2 is 1.68 bits per heavy atom. The Hall–Kier alpha value is -3.39. The minimum Gasteiger partial charge on any atom is -0.479 e. The fourth-order valence-corrected chi connectivity index (χ4v) is 5.60. The van der Waals surface area contributed by atoms with Crippen molar-refractivity contribution in [2.75, 3.05) is 13.2 Å².